The van der Waals surface area contributed by atoms with Crippen LogP contribution in [0.5, 0.6) is 11.8 Å². The first-order valence-electron chi connectivity index (χ1n) is 14.6. The van der Waals surface area contributed by atoms with Gasteiger partial charge >= 0.3 is 0 Å². The van der Waals surface area contributed by atoms with Crippen LogP contribution in [-0.4, -0.2) is 48.7 Å². The topological polar surface area (TPSA) is 65.9 Å². The molecule has 0 radical (unpaired) electrons. The van der Waals surface area contributed by atoms with Crippen molar-refractivity contribution in [3.05, 3.63) is 95.9 Å². The molecule has 1 saturated heterocycles. The fourth-order valence-electron chi connectivity index (χ4n) is 6.71. The fourth-order valence-corrected chi connectivity index (χ4v) is 6.71. The molecule has 5 aromatic rings. The first-order valence-corrected chi connectivity index (χ1v) is 14.6. The number of rotatable bonds is 6. The third-order valence-corrected chi connectivity index (χ3v) is 8.95. The minimum Gasteiger partial charge on any atom is -0.494 e. The van der Waals surface area contributed by atoms with Crippen molar-refractivity contribution in [2.45, 2.75) is 51.0 Å². The van der Waals surface area contributed by atoms with Crippen LogP contribution in [0, 0.1) is 0 Å². The Kier molecular flexibility index (Phi) is 6.56. The van der Waals surface area contributed by atoms with Crippen LogP contribution in [-0.2, 0) is 19.4 Å². The molecule has 0 spiro atoms. The van der Waals surface area contributed by atoms with Crippen LogP contribution < -0.4 is 0 Å². The molecule has 204 valence electrons. The minimum atomic E-state index is 0.273. The van der Waals surface area contributed by atoms with Gasteiger partial charge in [-0.1, -0.05) is 60.7 Å². The van der Waals surface area contributed by atoms with Crippen molar-refractivity contribution in [1.82, 2.24) is 18.9 Å². The summed E-state index contributed by atoms with van der Waals surface area (Å²) >= 11 is 0. The molecule has 0 unspecified atom stereocenters. The van der Waals surface area contributed by atoms with Crippen LogP contribution in [0.15, 0.2) is 79.0 Å². The third kappa shape index (κ3) is 4.46. The number of aromatic hydroxyl groups is 2. The van der Waals surface area contributed by atoms with Crippen molar-refractivity contribution in [1.29, 1.82) is 0 Å². The number of piperidine rings is 1. The molecule has 3 aromatic heterocycles. The van der Waals surface area contributed by atoms with Crippen molar-refractivity contribution in [3.63, 3.8) is 0 Å². The molecule has 4 heterocycles. The molecule has 6 nitrogen and oxygen atoms in total. The highest BCUT2D eigenvalue weighted by Crippen LogP contribution is 2.39. The van der Waals surface area contributed by atoms with Crippen LogP contribution in [0.25, 0.3) is 27.9 Å². The van der Waals surface area contributed by atoms with Crippen molar-refractivity contribution < 1.29 is 10.2 Å². The van der Waals surface area contributed by atoms with E-state index in [-0.39, 0.29) is 11.8 Å². The summed E-state index contributed by atoms with van der Waals surface area (Å²) in [6.07, 6.45) is 8.13. The predicted octanol–water partition coefficient (Wildman–Crippen LogP) is 6.64. The van der Waals surface area contributed by atoms with Gasteiger partial charge in [-0.05, 0) is 74.9 Å². The van der Waals surface area contributed by atoms with Gasteiger partial charge in [-0.2, -0.15) is 0 Å². The standard InChI is InChI=1S/C34H36N4O2/c39-33-28-10-4-5-11-29(28)34(40)38(33)23-22-36-20-17-27(18-21-36)32-35-31(30-12-6-7-19-37(30)32)26-15-13-25(14-16-26)24-8-2-1-3-9-24/h1-3,6-9,12-16,19,27,39-40H,4-5,10-11,17-18,20-23H2. The molecular weight excluding hydrogens is 496 g/mol. The molecule has 0 amide bonds. The summed E-state index contributed by atoms with van der Waals surface area (Å²) in [6.45, 7) is 3.40. The molecule has 2 N–H and O–H groups in total. The highest BCUT2D eigenvalue weighted by molar-refractivity contribution is 5.79. The first-order chi connectivity index (χ1) is 19.7. The van der Waals surface area contributed by atoms with E-state index in [1.165, 1.54) is 11.1 Å². The summed E-state index contributed by atoms with van der Waals surface area (Å²) in [4.78, 5) is 7.69. The zero-order valence-electron chi connectivity index (χ0n) is 22.8. The van der Waals surface area contributed by atoms with Crippen LogP contribution in [0.1, 0.15) is 48.6 Å². The number of benzene rings is 2. The number of aromatic nitrogens is 3. The van der Waals surface area contributed by atoms with Gasteiger partial charge in [0.25, 0.3) is 0 Å². The molecule has 2 aromatic carbocycles. The maximum atomic E-state index is 10.7. The lowest BCUT2D eigenvalue weighted by Gasteiger charge is -2.31. The lowest BCUT2D eigenvalue weighted by molar-refractivity contribution is 0.197. The van der Waals surface area contributed by atoms with E-state index in [1.807, 2.05) is 6.07 Å². The minimum absolute atomic E-state index is 0.273. The van der Waals surface area contributed by atoms with Crippen LogP contribution in [0.2, 0.25) is 0 Å². The zero-order chi connectivity index (χ0) is 27.1. The summed E-state index contributed by atoms with van der Waals surface area (Å²) < 4.78 is 4.00. The molecule has 1 fully saturated rings. The smallest absolute Gasteiger partial charge is 0.197 e. The molecule has 0 atom stereocenters. The molecule has 2 aliphatic rings. The largest absolute Gasteiger partial charge is 0.494 e. The Hall–Kier alpha value is -4.03. The maximum absolute atomic E-state index is 10.7. The lowest BCUT2D eigenvalue weighted by Crippen LogP contribution is -2.35. The molecule has 0 saturated carbocycles. The quantitative estimate of drug-likeness (QED) is 0.257. The molecule has 40 heavy (non-hydrogen) atoms. The Morgan fingerprint density at radius 3 is 2.02 bits per heavy atom. The van der Waals surface area contributed by atoms with E-state index in [1.54, 1.807) is 4.57 Å². The van der Waals surface area contributed by atoms with Gasteiger partial charge in [0.15, 0.2) is 11.8 Å². The van der Waals surface area contributed by atoms with Gasteiger partial charge in [0.1, 0.15) is 5.82 Å². The van der Waals surface area contributed by atoms with E-state index in [9.17, 15) is 10.2 Å². The van der Waals surface area contributed by atoms with E-state index in [4.69, 9.17) is 4.98 Å². The Morgan fingerprint density at radius 2 is 1.32 bits per heavy atom. The highest BCUT2D eigenvalue weighted by Gasteiger charge is 2.27. The van der Waals surface area contributed by atoms with E-state index >= 15 is 0 Å². The molecule has 0 bridgehead atoms. The number of hydrogen-bond donors (Lipinski definition) is 2. The fraction of sp³-hybridized carbons (Fsp3) is 0.324. The first kappa shape index (κ1) is 25.0. The van der Waals surface area contributed by atoms with Crippen LogP contribution in [0.3, 0.4) is 0 Å². The normalized spacial score (nSPS) is 16.4. The van der Waals surface area contributed by atoms with Crippen molar-refractivity contribution in [3.8, 4) is 34.1 Å². The second-order valence-electron chi connectivity index (χ2n) is 11.3. The average Bonchev–Trinajstić information content (AvgIpc) is 3.52. The van der Waals surface area contributed by atoms with Crippen molar-refractivity contribution in [2.75, 3.05) is 19.6 Å². The third-order valence-electron chi connectivity index (χ3n) is 8.95. The molecular formula is C34H36N4O2. The van der Waals surface area contributed by atoms with Crippen molar-refractivity contribution in [2.24, 2.45) is 0 Å². The van der Waals surface area contributed by atoms with Gasteiger partial charge in [-0.15, -0.1) is 0 Å². The van der Waals surface area contributed by atoms with Crippen LogP contribution >= 0.6 is 0 Å². The molecule has 7 rings (SSSR count). The second-order valence-corrected chi connectivity index (χ2v) is 11.3. The summed E-state index contributed by atoms with van der Waals surface area (Å²) in [5, 5.41) is 21.4. The Morgan fingerprint density at radius 1 is 0.700 bits per heavy atom. The van der Waals surface area contributed by atoms with Gasteiger partial charge < -0.3 is 19.5 Å². The maximum Gasteiger partial charge on any atom is 0.197 e. The van der Waals surface area contributed by atoms with E-state index in [2.05, 4.69) is 82.2 Å². The number of nitrogens with zero attached hydrogens (tertiary/aromatic N) is 4. The second kappa shape index (κ2) is 10.5. The SMILES string of the molecule is Oc1c2c(c(O)n1CCN1CCC(c3nc(-c4ccc(-c5ccccc5)cc4)c4ccccn34)CC1)CCCC2. The summed E-state index contributed by atoms with van der Waals surface area (Å²) in [6, 6.07) is 25.6. The van der Waals surface area contributed by atoms with Gasteiger partial charge in [0.05, 0.1) is 11.2 Å². The number of fused-ring (bicyclic) bond motifs is 2. The van der Waals surface area contributed by atoms with E-state index in [0.717, 1.165) is 91.9 Å². The Labute approximate surface area is 235 Å². The average molecular weight is 533 g/mol. The van der Waals surface area contributed by atoms with Gasteiger partial charge in [0.2, 0.25) is 0 Å². The van der Waals surface area contributed by atoms with E-state index < -0.39 is 0 Å². The molecule has 1 aliphatic carbocycles. The lowest BCUT2D eigenvalue weighted by atomic mass is 9.95. The highest BCUT2D eigenvalue weighted by atomic mass is 16.3. The van der Waals surface area contributed by atoms with Gasteiger partial charge in [0, 0.05) is 41.9 Å². The van der Waals surface area contributed by atoms with Gasteiger partial charge in [-0.3, -0.25) is 4.57 Å². The predicted molar refractivity (Wildman–Crippen MR) is 159 cm³/mol. The molecule has 1 aliphatic heterocycles. The number of likely N-dealkylation sites (tertiary alicyclic amines) is 1. The molecule has 6 heteroatoms. The zero-order valence-corrected chi connectivity index (χ0v) is 22.8. The number of imidazole rings is 1. The number of pyridine rings is 1. The van der Waals surface area contributed by atoms with Crippen molar-refractivity contribution >= 4 is 5.52 Å². The van der Waals surface area contributed by atoms with Crippen LogP contribution in [0.4, 0.5) is 0 Å². The van der Waals surface area contributed by atoms with Gasteiger partial charge in [-0.25, -0.2) is 4.98 Å². The Bertz CT molecular complexity index is 1600. The Balaban J connectivity index is 1.06. The van der Waals surface area contributed by atoms with E-state index in [0.29, 0.717) is 12.5 Å². The summed E-state index contributed by atoms with van der Waals surface area (Å²) in [7, 11) is 0. The monoisotopic (exact) mass is 532 g/mol. The number of hydrogen-bond acceptors (Lipinski definition) is 4. The summed E-state index contributed by atoms with van der Waals surface area (Å²) in [5.41, 5.74) is 7.68. The summed E-state index contributed by atoms with van der Waals surface area (Å²) in [5.74, 6) is 2.08.